The van der Waals surface area contributed by atoms with E-state index < -0.39 is 44.0 Å². The SMILES string of the molecule is CSc1ccc(Oc2c(F)c(F)c(S(=O)(=O)O)c(F)c2F)cc1. The third-order valence-electron chi connectivity index (χ3n) is 2.72. The zero-order valence-corrected chi connectivity index (χ0v) is 12.9. The summed E-state index contributed by atoms with van der Waals surface area (Å²) in [5.41, 5.74) is 0. The highest BCUT2D eigenvalue weighted by molar-refractivity contribution is 7.98. The van der Waals surface area contributed by atoms with Gasteiger partial charge < -0.3 is 4.74 Å². The molecule has 0 aliphatic heterocycles. The lowest BCUT2D eigenvalue weighted by Crippen LogP contribution is -2.11. The van der Waals surface area contributed by atoms with E-state index in [2.05, 4.69) is 0 Å². The quantitative estimate of drug-likeness (QED) is 0.382. The number of hydrogen-bond acceptors (Lipinski definition) is 4. The summed E-state index contributed by atoms with van der Waals surface area (Å²) >= 11 is 1.38. The summed E-state index contributed by atoms with van der Waals surface area (Å²) in [6.45, 7) is 0. The van der Waals surface area contributed by atoms with E-state index >= 15 is 0 Å². The molecular formula is C13H8F4O4S2. The van der Waals surface area contributed by atoms with Crippen LogP contribution in [-0.2, 0) is 10.1 Å². The van der Waals surface area contributed by atoms with E-state index in [1.807, 2.05) is 0 Å². The summed E-state index contributed by atoms with van der Waals surface area (Å²) in [6.07, 6.45) is 1.79. The number of halogens is 4. The van der Waals surface area contributed by atoms with Crippen molar-refractivity contribution in [1.82, 2.24) is 0 Å². The standard InChI is InChI=1S/C13H8F4O4S2/c1-22-7-4-2-6(3-5-7)21-12-8(14)10(16)13(23(18,19)20)11(17)9(12)15/h2-5H,1H3,(H,18,19,20). The Kier molecular flexibility index (Phi) is 4.87. The van der Waals surface area contributed by atoms with Crippen LogP contribution >= 0.6 is 11.8 Å². The summed E-state index contributed by atoms with van der Waals surface area (Å²) in [6, 6.07) is 5.68. The van der Waals surface area contributed by atoms with Crippen LogP contribution in [0.4, 0.5) is 17.6 Å². The molecule has 4 nitrogen and oxygen atoms in total. The van der Waals surface area contributed by atoms with Crippen LogP contribution in [-0.4, -0.2) is 19.2 Å². The van der Waals surface area contributed by atoms with Crippen molar-refractivity contribution in [3.05, 3.63) is 47.5 Å². The monoisotopic (exact) mass is 368 g/mol. The lowest BCUT2D eigenvalue weighted by molar-refractivity contribution is 0.346. The maximum Gasteiger partial charge on any atom is 0.300 e. The van der Waals surface area contributed by atoms with Gasteiger partial charge in [-0.25, -0.2) is 8.78 Å². The Morgan fingerprint density at radius 2 is 1.43 bits per heavy atom. The molecule has 0 aliphatic carbocycles. The first-order valence-electron chi connectivity index (χ1n) is 5.82. The third-order valence-corrected chi connectivity index (χ3v) is 4.34. The Bertz CT molecular complexity index is 822. The van der Waals surface area contributed by atoms with E-state index in [4.69, 9.17) is 9.29 Å². The fraction of sp³-hybridized carbons (Fsp3) is 0.0769. The van der Waals surface area contributed by atoms with Gasteiger partial charge in [0.1, 0.15) is 5.75 Å². The second kappa shape index (κ2) is 6.38. The van der Waals surface area contributed by atoms with Gasteiger partial charge in [-0.15, -0.1) is 11.8 Å². The minimum Gasteiger partial charge on any atom is -0.451 e. The fourth-order valence-corrected chi connectivity index (χ4v) is 2.71. The van der Waals surface area contributed by atoms with Crippen molar-refractivity contribution in [3.63, 3.8) is 0 Å². The van der Waals surface area contributed by atoms with E-state index in [-0.39, 0.29) is 5.75 Å². The summed E-state index contributed by atoms with van der Waals surface area (Å²) in [5.74, 6) is -10.3. The number of hydrogen-bond donors (Lipinski definition) is 1. The molecule has 0 amide bonds. The van der Waals surface area contributed by atoms with E-state index in [0.29, 0.717) is 0 Å². The molecule has 0 saturated heterocycles. The Morgan fingerprint density at radius 1 is 0.957 bits per heavy atom. The van der Waals surface area contributed by atoms with Gasteiger partial charge in [0, 0.05) is 4.90 Å². The minimum atomic E-state index is -5.50. The van der Waals surface area contributed by atoms with Crippen LogP contribution in [0.5, 0.6) is 11.5 Å². The molecule has 0 aromatic heterocycles. The van der Waals surface area contributed by atoms with Crippen molar-refractivity contribution in [3.8, 4) is 11.5 Å². The zero-order chi connectivity index (χ0) is 17.4. The Hall–Kier alpha value is -1.78. The van der Waals surface area contributed by atoms with Crippen molar-refractivity contribution >= 4 is 21.9 Å². The molecule has 124 valence electrons. The fourth-order valence-electron chi connectivity index (χ4n) is 1.67. The zero-order valence-electron chi connectivity index (χ0n) is 11.3. The van der Waals surface area contributed by atoms with Gasteiger partial charge in [-0.05, 0) is 30.5 Å². The second-order valence-electron chi connectivity index (χ2n) is 4.17. The molecule has 0 saturated carbocycles. The molecule has 0 heterocycles. The molecule has 2 rings (SSSR count). The van der Waals surface area contributed by atoms with E-state index in [1.165, 1.54) is 36.0 Å². The number of rotatable bonds is 4. The first-order chi connectivity index (χ1) is 10.7. The Labute approximate surface area is 132 Å². The molecule has 10 heteroatoms. The molecule has 0 radical (unpaired) electrons. The van der Waals surface area contributed by atoms with Gasteiger partial charge in [0.25, 0.3) is 0 Å². The summed E-state index contributed by atoms with van der Waals surface area (Å²) < 4.78 is 89.8. The van der Waals surface area contributed by atoms with Crippen molar-refractivity contribution < 1.29 is 35.3 Å². The van der Waals surface area contributed by atoms with Crippen LogP contribution in [0, 0.1) is 23.3 Å². The van der Waals surface area contributed by atoms with Crippen molar-refractivity contribution in [2.24, 2.45) is 0 Å². The van der Waals surface area contributed by atoms with Crippen LogP contribution in [0.2, 0.25) is 0 Å². The van der Waals surface area contributed by atoms with Gasteiger partial charge in [0.15, 0.2) is 16.5 Å². The normalized spacial score (nSPS) is 11.6. The highest BCUT2D eigenvalue weighted by Gasteiger charge is 2.33. The first-order valence-corrected chi connectivity index (χ1v) is 8.48. The molecule has 2 aromatic carbocycles. The molecule has 1 N–H and O–H groups in total. The topological polar surface area (TPSA) is 63.6 Å². The summed E-state index contributed by atoms with van der Waals surface area (Å²) in [4.78, 5) is -1.31. The molecule has 0 spiro atoms. The van der Waals surface area contributed by atoms with E-state index in [9.17, 15) is 26.0 Å². The molecule has 0 atom stereocenters. The molecule has 0 aliphatic rings. The van der Waals surface area contributed by atoms with Crippen LogP contribution in [0.15, 0.2) is 34.1 Å². The Morgan fingerprint density at radius 3 is 1.83 bits per heavy atom. The average molecular weight is 368 g/mol. The van der Waals surface area contributed by atoms with Gasteiger partial charge in [0.2, 0.25) is 17.4 Å². The Balaban J connectivity index is 2.55. The van der Waals surface area contributed by atoms with Crippen molar-refractivity contribution in [2.75, 3.05) is 6.26 Å². The molecule has 23 heavy (non-hydrogen) atoms. The third kappa shape index (κ3) is 3.43. The largest absolute Gasteiger partial charge is 0.451 e. The van der Waals surface area contributed by atoms with Gasteiger partial charge >= 0.3 is 10.1 Å². The first kappa shape index (κ1) is 17.6. The van der Waals surface area contributed by atoms with Crippen LogP contribution in [0.1, 0.15) is 0 Å². The number of benzene rings is 2. The maximum absolute atomic E-state index is 13.8. The smallest absolute Gasteiger partial charge is 0.300 e. The predicted molar refractivity (Wildman–Crippen MR) is 74.4 cm³/mol. The molecular weight excluding hydrogens is 360 g/mol. The molecule has 0 unspecified atom stereocenters. The van der Waals surface area contributed by atoms with E-state index in [1.54, 1.807) is 6.26 Å². The van der Waals surface area contributed by atoms with Crippen LogP contribution in [0.3, 0.4) is 0 Å². The maximum atomic E-state index is 13.8. The van der Waals surface area contributed by atoms with Gasteiger partial charge in [-0.3, -0.25) is 4.55 Å². The average Bonchev–Trinajstić information content (AvgIpc) is 2.49. The summed E-state index contributed by atoms with van der Waals surface area (Å²) in [7, 11) is -5.50. The lowest BCUT2D eigenvalue weighted by Gasteiger charge is -2.11. The minimum absolute atomic E-state index is 0.126. The molecule has 2 aromatic rings. The molecule has 0 bridgehead atoms. The van der Waals surface area contributed by atoms with E-state index in [0.717, 1.165) is 4.90 Å². The van der Waals surface area contributed by atoms with Gasteiger partial charge in [-0.1, -0.05) is 0 Å². The van der Waals surface area contributed by atoms with Gasteiger partial charge in [-0.2, -0.15) is 17.2 Å². The number of thioether (sulfide) groups is 1. The highest BCUT2D eigenvalue weighted by Crippen LogP contribution is 2.35. The predicted octanol–water partition coefficient (Wildman–Crippen LogP) is 4.00. The van der Waals surface area contributed by atoms with Crippen LogP contribution < -0.4 is 4.74 Å². The molecule has 0 fully saturated rings. The van der Waals surface area contributed by atoms with Crippen molar-refractivity contribution in [1.29, 1.82) is 0 Å². The van der Waals surface area contributed by atoms with Crippen LogP contribution in [0.25, 0.3) is 0 Å². The number of ether oxygens (including phenoxy) is 1. The summed E-state index contributed by atoms with van der Waals surface area (Å²) in [5, 5.41) is 0. The second-order valence-corrected chi connectivity index (χ2v) is 6.40. The van der Waals surface area contributed by atoms with Gasteiger partial charge in [0.05, 0.1) is 0 Å². The highest BCUT2D eigenvalue weighted by atomic mass is 32.2. The lowest BCUT2D eigenvalue weighted by atomic mass is 10.2. The van der Waals surface area contributed by atoms with Crippen molar-refractivity contribution in [2.45, 2.75) is 9.79 Å².